The lowest BCUT2D eigenvalue weighted by Crippen LogP contribution is -2.14. The minimum atomic E-state index is -3.95. The van der Waals surface area contributed by atoms with Crippen LogP contribution in [0.5, 0.6) is 0 Å². The number of pyridine rings is 1. The molecular formula is C16H12Cl2N4O4S. The number of hydrogen-bond donors (Lipinski definition) is 2. The molecule has 0 bridgehead atoms. The van der Waals surface area contributed by atoms with Gasteiger partial charge in [-0.25, -0.2) is 13.4 Å². The van der Waals surface area contributed by atoms with Crippen LogP contribution in [0.3, 0.4) is 0 Å². The van der Waals surface area contributed by atoms with Gasteiger partial charge < -0.3 is 9.84 Å². The number of hydrogen-bond acceptors (Lipinski definition) is 6. The molecule has 0 atom stereocenters. The van der Waals surface area contributed by atoms with Gasteiger partial charge in [0.05, 0.1) is 6.20 Å². The Morgan fingerprint density at radius 1 is 1.07 bits per heavy atom. The predicted octanol–water partition coefficient (Wildman–Crippen LogP) is 3.74. The van der Waals surface area contributed by atoms with Crippen LogP contribution in [0.15, 0.2) is 52.0 Å². The molecule has 0 aliphatic heterocycles. The Bertz CT molecular complexity index is 1100. The third kappa shape index (κ3) is 4.38. The summed E-state index contributed by atoms with van der Waals surface area (Å²) in [6, 6.07) is 8.65. The Balaban J connectivity index is 1.74. The van der Waals surface area contributed by atoms with Gasteiger partial charge in [0, 0.05) is 11.4 Å². The van der Waals surface area contributed by atoms with Crippen molar-refractivity contribution in [1.82, 2.24) is 10.1 Å². The number of amides is 1. The van der Waals surface area contributed by atoms with Crippen molar-refractivity contribution in [2.45, 2.75) is 11.8 Å². The van der Waals surface area contributed by atoms with E-state index in [1.54, 1.807) is 19.1 Å². The number of rotatable bonds is 5. The van der Waals surface area contributed by atoms with Crippen LogP contribution in [-0.4, -0.2) is 24.5 Å². The molecule has 0 spiro atoms. The van der Waals surface area contributed by atoms with Crippen molar-refractivity contribution in [1.29, 1.82) is 0 Å². The lowest BCUT2D eigenvalue weighted by atomic mass is 10.2. The third-order valence-corrected chi connectivity index (χ3v) is 5.48. The Morgan fingerprint density at radius 3 is 2.33 bits per heavy atom. The summed E-state index contributed by atoms with van der Waals surface area (Å²) in [7, 11) is -3.95. The van der Waals surface area contributed by atoms with Crippen molar-refractivity contribution in [3.8, 4) is 0 Å². The summed E-state index contributed by atoms with van der Waals surface area (Å²) in [5.74, 6) is 0.00596. The molecule has 0 saturated carbocycles. The molecule has 1 aromatic carbocycles. The average Bonchev–Trinajstić information content (AvgIpc) is 3.02. The molecule has 0 saturated heterocycles. The summed E-state index contributed by atoms with van der Waals surface area (Å²) < 4.78 is 32.1. The number of nitrogens with one attached hydrogen (secondary N) is 2. The van der Waals surface area contributed by atoms with E-state index in [2.05, 4.69) is 20.2 Å². The third-order valence-electron chi connectivity index (χ3n) is 3.46. The van der Waals surface area contributed by atoms with Crippen LogP contribution in [0.25, 0.3) is 0 Å². The highest BCUT2D eigenvalue weighted by atomic mass is 35.5. The SMILES string of the molecule is Cc1oncc1C(=O)Nc1ccc(NS(=O)(=O)c2ccc(Cl)nc2Cl)cc1. The molecule has 2 heterocycles. The van der Waals surface area contributed by atoms with E-state index in [9.17, 15) is 13.2 Å². The molecule has 2 aromatic heterocycles. The van der Waals surface area contributed by atoms with Gasteiger partial charge in [-0.05, 0) is 43.3 Å². The zero-order valence-electron chi connectivity index (χ0n) is 13.7. The van der Waals surface area contributed by atoms with Crippen LogP contribution in [0.4, 0.5) is 11.4 Å². The molecule has 2 N–H and O–H groups in total. The highest BCUT2D eigenvalue weighted by Gasteiger charge is 2.19. The summed E-state index contributed by atoms with van der Waals surface area (Å²) in [4.78, 5) is 15.6. The van der Waals surface area contributed by atoms with Gasteiger partial charge >= 0.3 is 0 Å². The molecule has 3 rings (SSSR count). The molecule has 0 radical (unpaired) electrons. The van der Waals surface area contributed by atoms with E-state index in [-0.39, 0.29) is 26.8 Å². The molecule has 140 valence electrons. The van der Waals surface area contributed by atoms with Crippen LogP contribution in [0, 0.1) is 6.92 Å². The van der Waals surface area contributed by atoms with Gasteiger partial charge in [-0.15, -0.1) is 0 Å². The number of nitrogens with zero attached hydrogens (tertiary/aromatic N) is 2. The molecule has 0 unspecified atom stereocenters. The lowest BCUT2D eigenvalue weighted by Gasteiger charge is -2.10. The standard InChI is InChI=1S/C16H12Cl2N4O4S/c1-9-12(8-19-26-9)16(23)20-10-2-4-11(5-3-10)22-27(24,25)13-6-7-14(17)21-15(13)18/h2-8,22H,1H3,(H,20,23). The molecule has 1 amide bonds. The van der Waals surface area contributed by atoms with Crippen LogP contribution in [0.2, 0.25) is 10.3 Å². The first-order chi connectivity index (χ1) is 12.8. The first kappa shape index (κ1) is 19.2. The number of sulfonamides is 1. The average molecular weight is 427 g/mol. The fraction of sp³-hybridized carbons (Fsp3) is 0.0625. The van der Waals surface area contributed by atoms with Gasteiger partial charge in [0.25, 0.3) is 15.9 Å². The second kappa shape index (κ2) is 7.55. The first-order valence-electron chi connectivity index (χ1n) is 7.44. The minimum absolute atomic E-state index is 0.0853. The molecule has 0 fully saturated rings. The molecule has 27 heavy (non-hydrogen) atoms. The number of halogens is 2. The Labute approximate surface area is 164 Å². The number of benzene rings is 1. The predicted molar refractivity (Wildman–Crippen MR) is 101 cm³/mol. The van der Waals surface area contributed by atoms with Crippen molar-refractivity contribution >= 4 is 50.5 Å². The zero-order chi connectivity index (χ0) is 19.6. The van der Waals surface area contributed by atoms with Gasteiger partial charge in [-0.1, -0.05) is 28.4 Å². The Morgan fingerprint density at radius 2 is 1.74 bits per heavy atom. The number of aromatic nitrogens is 2. The van der Waals surface area contributed by atoms with Crippen LogP contribution in [0.1, 0.15) is 16.1 Å². The molecule has 0 aliphatic rings. The normalized spacial score (nSPS) is 11.2. The van der Waals surface area contributed by atoms with E-state index in [0.29, 0.717) is 17.0 Å². The van der Waals surface area contributed by atoms with Crippen LogP contribution < -0.4 is 10.0 Å². The summed E-state index contributed by atoms with van der Waals surface area (Å²) in [5, 5.41) is 6.06. The van der Waals surface area contributed by atoms with Crippen molar-refractivity contribution in [2.75, 3.05) is 10.0 Å². The number of carbonyl (C=O) groups excluding carboxylic acids is 1. The van der Waals surface area contributed by atoms with E-state index in [1.165, 1.54) is 30.5 Å². The maximum absolute atomic E-state index is 12.4. The van der Waals surface area contributed by atoms with E-state index < -0.39 is 10.0 Å². The smallest absolute Gasteiger partial charge is 0.264 e. The van der Waals surface area contributed by atoms with E-state index in [1.807, 2.05) is 0 Å². The van der Waals surface area contributed by atoms with Crippen LogP contribution >= 0.6 is 23.2 Å². The second-order valence-electron chi connectivity index (χ2n) is 5.36. The van der Waals surface area contributed by atoms with Crippen molar-refractivity contribution < 1.29 is 17.7 Å². The van der Waals surface area contributed by atoms with E-state index in [4.69, 9.17) is 27.7 Å². The van der Waals surface area contributed by atoms with Crippen LogP contribution in [-0.2, 0) is 10.0 Å². The highest BCUT2D eigenvalue weighted by molar-refractivity contribution is 7.92. The fourth-order valence-corrected chi connectivity index (χ4v) is 3.87. The number of aryl methyl sites for hydroxylation is 1. The van der Waals surface area contributed by atoms with Crippen molar-refractivity contribution in [3.63, 3.8) is 0 Å². The minimum Gasteiger partial charge on any atom is -0.361 e. The van der Waals surface area contributed by atoms with Gasteiger partial charge in [0.1, 0.15) is 21.4 Å². The topological polar surface area (TPSA) is 114 Å². The quantitative estimate of drug-likeness (QED) is 0.600. The second-order valence-corrected chi connectivity index (χ2v) is 7.75. The molecule has 11 heteroatoms. The Hall–Kier alpha value is -2.62. The van der Waals surface area contributed by atoms with Crippen molar-refractivity contribution in [3.05, 3.63) is 64.2 Å². The lowest BCUT2D eigenvalue weighted by molar-refractivity contribution is 0.102. The number of carbonyl (C=O) groups is 1. The zero-order valence-corrected chi connectivity index (χ0v) is 16.1. The van der Waals surface area contributed by atoms with Gasteiger partial charge in [-0.2, -0.15) is 0 Å². The van der Waals surface area contributed by atoms with Crippen molar-refractivity contribution in [2.24, 2.45) is 0 Å². The maximum Gasteiger partial charge on any atom is 0.264 e. The summed E-state index contributed by atoms with van der Waals surface area (Å²) in [6.07, 6.45) is 1.32. The number of anilines is 2. The highest BCUT2D eigenvalue weighted by Crippen LogP contribution is 2.24. The molecule has 0 aliphatic carbocycles. The molecular weight excluding hydrogens is 415 g/mol. The summed E-state index contributed by atoms with van der Waals surface area (Å²) >= 11 is 11.5. The van der Waals surface area contributed by atoms with E-state index in [0.717, 1.165) is 0 Å². The van der Waals surface area contributed by atoms with E-state index >= 15 is 0 Å². The maximum atomic E-state index is 12.4. The molecule has 8 nitrogen and oxygen atoms in total. The fourth-order valence-electron chi connectivity index (χ4n) is 2.15. The van der Waals surface area contributed by atoms with Gasteiger partial charge in [0.15, 0.2) is 5.15 Å². The summed E-state index contributed by atoms with van der Waals surface area (Å²) in [5.41, 5.74) is 1.06. The first-order valence-corrected chi connectivity index (χ1v) is 9.68. The Kier molecular flexibility index (Phi) is 5.36. The summed E-state index contributed by atoms with van der Waals surface area (Å²) in [6.45, 7) is 1.62. The molecule has 3 aromatic rings. The van der Waals surface area contributed by atoms with Gasteiger partial charge in [-0.3, -0.25) is 9.52 Å². The monoisotopic (exact) mass is 426 g/mol. The largest absolute Gasteiger partial charge is 0.361 e. The van der Waals surface area contributed by atoms with Gasteiger partial charge in [0.2, 0.25) is 0 Å².